The summed E-state index contributed by atoms with van der Waals surface area (Å²) < 4.78 is 1.89. The molecule has 8 heteroatoms. The van der Waals surface area contributed by atoms with Crippen molar-refractivity contribution >= 4 is 51.4 Å². The standard InChI is InChI=1S/C18H15Cl2N3O3/c1-3-22-15-7-4-11(19)8-13(15)10(2)17(22)18(24)21-12-5-6-14(20)16(9-12)23(25)26/h4-9H,3H2,1-2H3,(H,21,24). The van der Waals surface area contributed by atoms with Gasteiger partial charge in [0.05, 0.1) is 4.92 Å². The number of carbonyl (C=O) groups excluding carboxylic acids is 1. The largest absolute Gasteiger partial charge is 0.337 e. The first-order chi connectivity index (χ1) is 12.3. The van der Waals surface area contributed by atoms with Gasteiger partial charge in [-0.3, -0.25) is 14.9 Å². The molecule has 2 aromatic carbocycles. The maximum Gasteiger partial charge on any atom is 0.289 e. The van der Waals surface area contributed by atoms with Crippen molar-refractivity contribution in [3.05, 3.63) is 67.8 Å². The molecule has 1 N–H and O–H groups in total. The molecule has 0 aliphatic rings. The average Bonchev–Trinajstić information content (AvgIpc) is 2.88. The number of anilines is 1. The molecule has 1 aromatic heterocycles. The highest BCUT2D eigenvalue weighted by Gasteiger charge is 2.21. The quantitative estimate of drug-likeness (QED) is 0.475. The van der Waals surface area contributed by atoms with Crippen molar-refractivity contribution in [3.8, 4) is 0 Å². The number of rotatable bonds is 4. The van der Waals surface area contributed by atoms with E-state index in [1.165, 1.54) is 18.2 Å². The molecule has 134 valence electrons. The van der Waals surface area contributed by atoms with Crippen LogP contribution in [0.3, 0.4) is 0 Å². The van der Waals surface area contributed by atoms with E-state index in [-0.39, 0.29) is 16.6 Å². The normalized spacial score (nSPS) is 10.9. The lowest BCUT2D eigenvalue weighted by Gasteiger charge is -2.10. The van der Waals surface area contributed by atoms with Crippen LogP contribution in [0.1, 0.15) is 23.0 Å². The van der Waals surface area contributed by atoms with Crippen LogP contribution >= 0.6 is 23.2 Å². The molecule has 0 saturated heterocycles. The second kappa shape index (κ2) is 6.97. The van der Waals surface area contributed by atoms with Gasteiger partial charge in [-0.25, -0.2) is 0 Å². The SMILES string of the molecule is CCn1c(C(=O)Nc2ccc(Cl)c([N+](=O)[O-])c2)c(C)c2cc(Cl)ccc21. The smallest absolute Gasteiger partial charge is 0.289 e. The van der Waals surface area contributed by atoms with Crippen molar-refractivity contribution in [2.45, 2.75) is 20.4 Å². The van der Waals surface area contributed by atoms with Gasteiger partial charge >= 0.3 is 0 Å². The zero-order valence-electron chi connectivity index (χ0n) is 14.0. The third-order valence-electron chi connectivity index (χ3n) is 4.21. The number of hydrogen-bond donors (Lipinski definition) is 1. The van der Waals surface area contributed by atoms with Crippen molar-refractivity contribution in [3.63, 3.8) is 0 Å². The summed E-state index contributed by atoms with van der Waals surface area (Å²) in [7, 11) is 0. The van der Waals surface area contributed by atoms with E-state index in [2.05, 4.69) is 5.32 Å². The molecule has 0 atom stereocenters. The lowest BCUT2D eigenvalue weighted by Crippen LogP contribution is -2.18. The molecule has 0 bridgehead atoms. The van der Waals surface area contributed by atoms with Gasteiger partial charge in [0.15, 0.2) is 0 Å². The number of amides is 1. The number of halogens is 2. The van der Waals surface area contributed by atoms with Gasteiger partial charge in [0.25, 0.3) is 11.6 Å². The molecule has 0 aliphatic carbocycles. The van der Waals surface area contributed by atoms with Crippen molar-refractivity contribution in [2.24, 2.45) is 0 Å². The average molecular weight is 392 g/mol. The van der Waals surface area contributed by atoms with Crippen molar-refractivity contribution in [2.75, 3.05) is 5.32 Å². The lowest BCUT2D eigenvalue weighted by molar-refractivity contribution is -0.384. The third kappa shape index (κ3) is 3.13. The number of nitrogens with one attached hydrogen (secondary N) is 1. The van der Waals surface area contributed by atoms with Gasteiger partial charge in [-0.1, -0.05) is 23.2 Å². The first-order valence-corrected chi connectivity index (χ1v) is 8.62. The molecule has 26 heavy (non-hydrogen) atoms. The number of nitro groups is 1. The Kier molecular flexibility index (Phi) is 4.89. The van der Waals surface area contributed by atoms with E-state index in [0.717, 1.165) is 16.5 Å². The van der Waals surface area contributed by atoms with Crippen LogP contribution in [0, 0.1) is 17.0 Å². The zero-order chi connectivity index (χ0) is 19.0. The molecule has 0 aliphatic heterocycles. The fraction of sp³-hybridized carbons (Fsp3) is 0.167. The summed E-state index contributed by atoms with van der Waals surface area (Å²) in [5.74, 6) is -0.353. The van der Waals surface area contributed by atoms with Crippen LogP contribution < -0.4 is 5.32 Å². The fourth-order valence-electron chi connectivity index (χ4n) is 3.04. The molecule has 0 saturated carbocycles. The fourth-order valence-corrected chi connectivity index (χ4v) is 3.40. The highest BCUT2D eigenvalue weighted by Crippen LogP contribution is 2.30. The molecule has 6 nitrogen and oxygen atoms in total. The van der Waals surface area contributed by atoms with Crippen molar-refractivity contribution in [1.29, 1.82) is 0 Å². The topological polar surface area (TPSA) is 77.2 Å². The van der Waals surface area contributed by atoms with Crippen LogP contribution in [0.4, 0.5) is 11.4 Å². The molecule has 1 heterocycles. The monoisotopic (exact) mass is 391 g/mol. The molecule has 0 fully saturated rings. The number of nitrogens with zero attached hydrogens (tertiary/aromatic N) is 2. The summed E-state index contributed by atoms with van der Waals surface area (Å²) in [4.78, 5) is 23.3. The van der Waals surface area contributed by atoms with Gasteiger partial charge in [0.1, 0.15) is 10.7 Å². The van der Waals surface area contributed by atoms with Gasteiger partial charge in [-0.05, 0) is 49.7 Å². The zero-order valence-corrected chi connectivity index (χ0v) is 15.6. The second-order valence-electron chi connectivity index (χ2n) is 5.76. The summed E-state index contributed by atoms with van der Waals surface area (Å²) in [6.07, 6.45) is 0. The summed E-state index contributed by atoms with van der Waals surface area (Å²) in [6, 6.07) is 9.63. The number of carbonyl (C=O) groups is 1. The third-order valence-corrected chi connectivity index (χ3v) is 4.77. The van der Waals surface area contributed by atoms with Crippen LogP contribution in [-0.2, 0) is 6.54 Å². The first-order valence-electron chi connectivity index (χ1n) is 7.87. The summed E-state index contributed by atoms with van der Waals surface area (Å²) >= 11 is 11.9. The van der Waals surface area contributed by atoms with Crippen LogP contribution in [0.2, 0.25) is 10.0 Å². The number of nitro benzene ring substituents is 1. The van der Waals surface area contributed by atoms with Gasteiger partial charge in [0.2, 0.25) is 0 Å². The number of hydrogen-bond acceptors (Lipinski definition) is 3. The van der Waals surface area contributed by atoms with E-state index < -0.39 is 4.92 Å². The Morgan fingerprint density at radius 2 is 1.96 bits per heavy atom. The lowest BCUT2D eigenvalue weighted by atomic mass is 10.1. The summed E-state index contributed by atoms with van der Waals surface area (Å²) in [6.45, 7) is 4.39. The molecular weight excluding hydrogens is 377 g/mol. The highest BCUT2D eigenvalue weighted by molar-refractivity contribution is 6.32. The Hall–Kier alpha value is -2.57. The van der Waals surface area contributed by atoms with E-state index in [1.807, 2.05) is 30.5 Å². The number of benzene rings is 2. The van der Waals surface area contributed by atoms with Crippen LogP contribution in [-0.4, -0.2) is 15.4 Å². The van der Waals surface area contributed by atoms with Gasteiger partial charge in [0, 0.05) is 34.2 Å². The Bertz CT molecular complexity index is 1040. The number of aromatic nitrogens is 1. The van der Waals surface area contributed by atoms with Gasteiger partial charge in [-0.15, -0.1) is 0 Å². The number of fused-ring (bicyclic) bond motifs is 1. The first kappa shape index (κ1) is 18.2. The molecule has 3 aromatic rings. The molecule has 0 unspecified atom stereocenters. The number of aryl methyl sites for hydroxylation is 2. The molecule has 0 radical (unpaired) electrons. The summed E-state index contributed by atoms with van der Waals surface area (Å²) in [5.41, 5.74) is 2.23. The second-order valence-corrected chi connectivity index (χ2v) is 6.60. The van der Waals surface area contributed by atoms with E-state index >= 15 is 0 Å². The minimum absolute atomic E-state index is 0.0153. The Morgan fingerprint density at radius 1 is 1.23 bits per heavy atom. The minimum atomic E-state index is -0.589. The molecular formula is C18H15Cl2N3O3. The van der Waals surface area contributed by atoms with Crippen LogP contribution in [0.25, 0.3) is 10.9 Å². The summed E-state index contributed by atoms with van der Waals surface area (Å²) in [5, 5.41) is 15.2. The molecule has 1 amide bonds. The van der Waals surface area contributed by atoms with Gasteiger partial charge < -0.3 is 9.88 Å². The Balaban J connectivity index is 2.04. The molecule has 0 spiro atoms. The predicted molar refractivity (Wildman–Crippen MR) is 103 cm³/mol. The van der Waals surface area contributed by atoms with E-state index in [1.54, 1.807) is 6.07 Å². The van der Waals surface area contributed by atoms with Crippen LogP contribution in [0.5, 0.6) is 0 Å². The minimum Gasteiger partial charge on any atom is -0.337 e. The predicted octanol–water partition coefficient (Wildman–Crippen LogP) is 5.44. The highest BCUT2D eigenvalue weighted by atomic mass is 35.5. The van der Waals surface area contributed by atoms with Crippen molar-refractivity contribution in [1.82, 2.24) is 4.57 Å². The van der Waals surface area contributed by atoms with Gasteiger partial charge in [-0.2, -0.15) is 0 Å². The van der Waals surface area contributed by atoms with Crippen LogP contribution in [0.15, 0.2) is 36.4 Å². The molecule has 3 rings (SSSR count). The maximum atomic E-state index is 12.9. The maximum absolute atomic E-state index is 12.9. The Labute approximate surface area is 159 Å². The van der Waals surface area contributed by atoms with E-state index in [0.29, 0.717) is 22.9 Å². The van der Waals surface area contributed by atoms with E-state index in [4.69, 9.17) is 23.2 Å². The Morgan fingerprint density at radius 3 is 2.62 bits per heavy atom. The van der Waals surface area contributed by atoms with E-state index in [9.17, 15) is 14.9 Å². The van der Waals surface area contributed by atoms with Crippen molar-refractivity contribution < 1.29 is 9.72 Å².